The SMILES string of the molecule is CC(N)CC(=O)NC1Cc2ccccc2C1.Cl. The van der Waals surface area contributed by atoms with Crippen molar-refractivity contribution >= 4 is 18.3 Å². The number of carbonyl (C=O) groups excluding carboxylic acids is 1. The molecule has 0 fully saturated rings. The molecule has 1 aliphatic rings. The molecule has 0 aromatic heterocycles. The Morgan fingerprint density at radius 1 is 1.41 bits per heavy atom. The molecular formula is C13H19ClN2O. The lowest BCUT2D eigenvalue weighted by Gasteiger charge is -2.13. The number of hydrogen-bond acceptors (Lipinski definition) is 2. The highest BCUT2D eigenvalue weighted by Crippen LogP contribution is 2.21. The van der Waals surface area contributed by atoms with Crippen molar-refractivity contribution in [1.29, 1.82) is 0 Å². The van der Waals surface area contributed by atoms with Crippen LogP contribution in [0.25, 0.3) is 0 Å². The maximum atomic E-state index is 11.6. The average molecular weight is 255 g/mol. The van der Waals surface area contributed by atoms with Gasteiger partial charge in [0.25, 0.3) is 0 Å². The first-order valence-electron chi connectivity index (χ1n) is 5.77. The van der Waals surface area contributed by atoms with Crippen molar-refractivity contribution < 1.29 is 4.79 Å². The average Bonchev–Trinajstić information content (AvgIpc) is 2.57. The highest BCUT2D eigenvalue weighted by atomic mass is 35.5. The van der Waals surface area contributed by atoms with Gasteiger partial charge in [-0.3, -0.25) is 4.79 Å². The van der Waals surface area contributed by atoms with Crippen LogP contribution in [0, 0.1) is 0 Å². The van der Waals surface area contributed by atoms with Crippen molar-refractivity contribution in [3.8, 4) is 0 Å². The second-order valence-corrected chi connectivity index (χ2v) is 4.62. The van der Waals surface area contributed by atoms with Crippen LogP contribution < -0.4 is 11.1 Å². The molecule has 3 N–H and O–H groups in total. The molecule has 17 heavy (non-hydrogen) atoms. The van der Waals surface area contributed by atoms with Gasteiger partial charge in [-0.15, -0.1) is 12.4 Å². The third-order valence-electron chi connectivity index (χ3n) is 2.92. The fraction of sp³-hybridized carbons (Fsp3) is 0.462. The first kappa shape index (κ1) is 14.0. The Bertz CT molecular complexity index is 368. The van der Waals surface area contributed by atoms with Crippen LogP contribution >= 0.6 is 12.4 Å². The monoisotopic (exact) mass is 254 g/mol. The highest BCUT2D eigenvalue weighted by Gasteiger charge is 2.22. The van der Waals surface area contributed by atoms with E-state index in [0.717, 1.165) is 12.8 Å². The van der Waals surface area contributed by atoms with Crippen LogP contribution in [0.1, 0.15) is 24.5 Å². The van der Waals surface area contributed by atoms with Gasteiger partial charge in [-0.05, 0) is 30.9 Å². The third kappa shape index (κ3) is 3.72. The Labute approximate surface area is 108 Å². The maximum absolute atomic E-state index is 11.6. The Kier molecular flexibility index (Phi) is 4.97. The van der Waals surface area contributed by atoms with Crippen molar-refractivity contribution in [1.82, 2.24) is 5.32 Å². The number of nitrogens with one attached hydrogen (secondary N) is 1. The zero-order valence-corrected chi connectivity index (χ0v) is 10.8. The molecule has 3 nitrogen and oxygen atoms in total. The van der Waals surface area contributed by atoms with Crippen molar-refractivity contribution in [3.05, 3.63) is 35.4 Å². The fourth-order valence-electron chi connectivity index (χ4n) is 2.24. The van der Waals surface area contributed by atoms with Gasteiger partial charge < -0.3 is 11.1 Å². The van der Waals surface area contributed by atoms with E-state index in [0.29, 0.717) is 6.42 Å². The molecule has 0 radical (unpaired) electrons. The van der Waals surface area contributed by atoms with E-state index in [-0.39, 0.29) is 30.4 Å². The van der Waals surface area contributed by atoms with Crippen LogP contribution in [-0.4, -0.2) is 18.0 Å². The van der Waals surface area contributed by atoms with E-state index in [9.17, 15) is 4.79 Å². The molecule has 1 atom stereocenters. The standard InChI is InChI=1S/C13H18N2O.ClH/c1-9(14)6-13(16)15-12-7-10-4-2-3-5-11(10)8-12;/h2-5,9,12H,6-8,14H2,1H3,(H,15,16);1H. The summed E-state index contributed by atoms with van der Waals surface area (Å²) in [5.41, 5.74) is 8.30. The lowest BCUT2D eigenvalue weighted by molar-refractivity contribution is -0.121. The predicted octanol–water partition coefficient (Wildman–Crippen LogP) is 1.43. The summed E-state index contributed by atoms with van der Waals surface area (Å²) in [6.45, 7) is 1.85. The van der Waals surface area contributed by atoms with Crippen LogP contribution in [0.15, 0.2) is 24.3 Å². The normalized spacial score (nSPS) is 15.9. The first-order chi connectivity index (χ1) is 7.65. The van der Waals surface area contributed by atoms with E-state index >= 15 is 0 Å². The minimum atomic E-state index is -0.0659. The Morgan fingerprint density at radius 2 is 1.94 bits per heavy atom. The van der Waals surface area contributed by atoms with E-state index in [1.54, 1.807) is 0 Å². The smallest absolute Gasteiger partial charge is 0.221 e. The van der Waals surface area contributed by atoms with Crippen LogP contribution in [0.2, 0.25) is 0 Å². The summed E-state index contributed by atoms with van der Waals surface area (Å²) in [4.78, 5) is 11.6. The van der Waals surface area contributed by atoms with Gasteiger partial charge in [0.05, 0.1) is 0 Å². The summed E-state index contributed by atoms with van der Waals surface area (Å²) in [5, 5.41) is 3.04. The second kappa shape index (κ2) is 6.03. The van der Waals surface area contributed by atoms with Gasteiger partial charge in [0.1, 0.15) is 0 Å². The van der Waals surface area contributed by atoms with Crippen LogP contribution in [-0.2, 0) is 17.6 Å². The van der Waals surface area contributed by atoms with E-state index < -0.39 is 0 Å². The zero-order chi connectivity index (χ0) is 11.5. The number of fused-ring (bicyclic) bond motifs is 1. The largest absolute Gasteiger partial charge is 0.353 e. The molecule has 1 amide bonds. The molecule has 2 rings (SSSR count). The molecule has 1 aliphatic carbocycles. The number of carbonyl (C=O) groups is 1. The third-order valence-corrected chi connectivity index (χ3v) is 2.92. The Morgan fingerprint density at radius 3 is 2.41 bits per heavy atom. The van der Waals surface area contributed by atoms with Crippen molar-refractivity contribution in [2.75, 3.05) is 0 Å². The van der Waals surface area contributed by atoms with Crippen LogP contribution in [0.3, 0.4) is 0 Å². The molecule has 0 saturated heterocycles. The van der Waals surface area contributed by atoms with Gasteiger partial charge in [-0.2, -0.15) is 0 Å². The van der Waals surface area contributed by atoms with Crippen molar-refractivity contribution in [2.24, 2.45) is 5.73 Å². The Hall–Kier alpha value is -1.06. The van der Waals surface area contributed by atoms with Gasteiger partial charge in [-0.25, -0.2) is 0 Å². The van der Waals surface area contributed by atoms with E-state index in [2.05, 4.69) is 17.4 Å². The van der Waals surface area contributed by atoms with E-state index in [1.807, 2.05) is 19.1 Å². The van der Waals surface area contributed by atoms with Crippen LogP contribution in [0.5, 0.6) is 0 Å². The number of halogens is 1. The van der Waals surface area contributed by atoms with Crippen LogP contribution in [0.4, 0.5) is 0 Å². The fourth-order valence-corrected chi connectivity index (χ4v) is 2.24. The molecule has 4 heteroatoms. The maximum Gasteiger partial charge on any atom is 0.221 e. The number of amides is 1. The van der Waals surface area contributed by atoms with Gasteiger partial charge in [0.2, 0.25) is 5.91 Å². The lowest BCUT2D eigenvalue weighted by Crippen LogP contribution is -2.38. The Balaban J connectivity index is 0.00000144. The first-order valence-corrected chi connectivity index (χ1v) is 5.77. The molecule has 0 aliphatic heterocycles. The quantitative estimate of drug-likeness (QED) is 0.858. The van der Waals surface area contributed by atoms with Gasteiger partial charge in [-0.1, -0.05) is 24.3 Å². The number of nitrogens with two attached hydrogens (primary N) is 1. The highest BCUT2D eigenvalue weighted by molar-refractivity contribution is 5.85. The van der Waals surface area contributed by atoms with Gasteiger partial charge in [0.15, 0.2) is 0 Å². The van der Waals surface area contributed by atoms with E-state index in [4.69, 9.17) is 5.73 Å². The lowest BCUT2D eigenvalue weighted by atomic mass is 10.1. The zero-order valence-electron chi connectivity index (χ0n) is 9.98. The number of hydrogen-bond donors (Lipinski definition) is 2. The van der Waals surface area contributed by atoms with Gasteiger partial charge >= 0.3 is 0 Å². The van der Waals surface area contributed by atoms with Crippen molar-refractivity contribution in [3.63, 3.8) is 0 Å². The summed E-state index contributed by atoms with van der Waals surface area (Å²) in [5.74, 6) is 0.0628. The molecule has 0 bridgehead atoms. The second-order valence-electron chi connectivity index (χ2n) is 4.62. The topological polar surface area (TPSA) is 55.1 Å². The van der Waals surface area contributed by atoms with Gasteiger partial charge in [0, 0.05) is 18.5 Å². The number of benzene rings is 1. The predicted molar refractivity (Wildman–Crippen MR) is 71.3 cm³/mol. The molecular weight excluding hydrogens is 236 g/mol. The molecule has 1 unspecified atom stereocenters. The number of rotatable bonds is 3. The molecule has 94 valence electrons. The summed E-state index contributed by atoms with van der Waals surface area (Å²) < 4.78 is 0. The van der Waals surface area contributed by atoms with E-state index in [1.165, 1.54) is 11.1 Å². The molecule has 1 aromatic carbocycles. The minimum absolute atomic E-state index is 0. The minimum Gasteiger partial charge on any atom is -0.353 e. The molecule has 1 aromatic rings. The summed E-state index contributed by atoms with van der Waals surface area (Å²) in [6, 6.07) is 8.54. The summed E-state index contributed by atoms with van der Waals surface area (Å²) >= 11 is 0. The molecule has 0 spiro atoms. The molecule has 0 heterocycles. The summed E-state index contributed by atoms with van der Waals surface area (Å²) in [7, 11) is 0. The summed E-state index contributed by atoms with van der Waals surface area (Å²) in [6.07, 6.45) is 2.30. The molecule has 0 saturated carbocycles. The van der Waals surface area contributed by atoms with Crippen molar-refractivity contribution in [2.45, 2.75) is 38.3 Å².